The highest BCUT2D eigenvalue weighted by Crippen LogP contribution is 2.27. The van der Waals surface area contributed by atoms with Crippen LogP contribution >= 0.6 is 11.8 Å². The van der Waals surface area contributed by atoms with Gasteiger partial charge in [0.2, 0.25) is 5.89 Å². The van der Waals surface area contributed by atoms with Crippen molar-refractivity contribution in [1.82, 2.24) is 10.1 Å². The molecule has 0 spiro atoms. The summed E-state index contributed by atoms with van der Waals surface area (Å²) in [5.41, 5.74) is 0. The van der Waals surface area contributed by atoms with E-state index in [1.807, 2.05) is 0 Å². The number of carbonyl (C=O) groups is 1. The van der Waals surface area contributed by atoms with Gasteiger partial charge in [-0.1, -0.05) is 19.0 Å². The molecule has 1 aromatic heterocycles. The van der Waals surface area contributed by atoms with Gasteiger partial charge in [0.1, 0.15) is 4.75 Å². The molecule has 1 heterocycles. The van der Waals surface area contributed by atoms with E-state index < -0.39 is 10.7 Å². The number of carboxylic acid groups (broad SMARTS) is 1. The van der Waals surface area contributed by atoms with E-state index in [9.17, 15) is 4.79 Å². The zero-order valence-electron chi connectivity index (χ0n) is 10.6. The summed E-state index contributed by atoms with van der Waals surface area (Å²) in [4.78, 5) is 15.1. The van der Waals surface area contributed by atoms with Crippen molar-refractivity contribution in [3.05, 3.63) is 11.7 Å². The van der Waals surface area contributed by atoms with Crippen LogP contribution in [0.1, 0.15) is 39.4 Å². The van der Waals surface area contributed by atoms with Gasteiger partial charge in [-0.25, -0.2) is 0 Å². The molecule has 0 saturated heterocycles. The Balaban J connectivity index is 2.53. The van der Waals surface area contributed by atoms with Gasteiger partial charge in [0.15, 0.2) is 5.82 Å². The largest absolute Gasteiger partial charge is 0.480 e. The summed E-state index contributed by atoms with van der Waals surface area (Å²) in [6.45, 7) is 7.47. The lowest BCUT2D eigenvalue weighted by Crippen LogP contribution is -2.27. The molecule has 0 bridgehead atoms. The lowest BCUT2D eigenvalue weighted by molar-refractivity contribution is -0.138. The minimum Gasteiger partial charge on any atom is -0.480 e. The average Bonchev–Trinajstić information content (AvgIpc) is 2.61. The molecule has 0 fully saturated rings. The van der Waals surface area contributed by atoms with Gasteiger partial charge in [0.25, 0.3) is 0 Å². The Morgan fingerprint density at radius 1 is 1.53 bits per heavy atom. The Morgan fingerprint density at radius 3 is 2.71 bits per heavy atom. The maximum Gasteiger partial charge on any atom is 0.319 e. The summed E-state index contributed by atoms with van der Waals surface area (Å²) < 4.78 is 4.24. The lowest BCUT2D eigenvalue weighted by Gasteiger charge is -2.16. The fraction of sp³-hybridized carbons (Fsp3) is 0.727. The van der Waals surface area contributed by atoms with Crippen LogP contribution in [0.15, 0.2) is 4.52 Å². The molecule has 0 aliphatic rings. The minimum absolute atomic E-state index is 0.445. The quantitative estimate of drug-likeness (QED) is 0.844. The van der Waals surface area contributed by atoms with Crippen molar-refractivity contribution in [2.45, 2.75) is 44.6 Å². The Morgan fingerprint density at radius 2 is 2.18 bits per heavy atom. The lowest BCUT2D eigenvalue weighted by atomic mass is 10.1. The molecule has 1 aromatic rings. The monoisotopic (exact) mass is 258 g/mol. The molecule has 0 amide bonds. The molecule has 5 nitrogen and oxygen atoms in total. The molecule has 96 valence electrons. The summed E-state index contributed by atoms with van der Waals surface area (Å²) in [6.07, 6.45) is 0.750. The van der Waals surface area contributed by atoms with Crippen molar-refractivity contribution >= 4 is 17.7 Å². The van der Waals surface area contributed by atoms with Gasteiger partial charge in [0.05, 0.1) is 5.75 Å². The molecule has 6 heteroatoms. The molecule has 0 atom stereocenters. The van der Waals surface area contributed by atoms with Crippen molar-refractivity contribution < 1.29 is 14.4 Å². The summed E-state index contributed by atoms with van der Waals surface area (Å²) in [5.74, 6) is 1.24. The van der Waals surface area contributed by atoms with E-state index in [4.69, 9.17) is 9.63 Å². The fourth-order valence-corrected chi connectivity index (χ4v) is 1.82. The van der Waals surface area contributed by atoms with Crippen LogP contribution in [-0.4, -0.2) is 26.0 Å². The SMILES string of the molecule is CC(C)Cc1nc(CSC(C)(C)C(=O)O)no1. The molecular formula is C11H18N2O3S. The first-order chi connectivity index (χ1) is 7.81. The van der Waals surface area contributed by atoms with Gasteiger partial charge < -0.3 is 9.63 Å². The van der Waals surface area contributed by atoms with Crippen LogP contribution in [0.3, 0.4) is 0 Å². The van der Waals surface area contributed by atoms with E-state index in [-0.39, 0.29) is 0 Å². The van der Waals surface area contributed by atoms with Crippen molar-refractivity contribution in [3.8, 4) is 0 Å². The molecule has 0 radical (unpaired) electrons. The second-order valence-electron chi connectivity index (χ2n) is 4.81. The Labute approximate surface area is 105 Å². The van der Waals surface area contributed by atoms with Crippen molar-refractivity contribution in [3.63, 3.8) is 0 Å². The zero-order valence-corrected chi connectivity index (χ0v) is 11.4. The number of rotatable bonds is 6. The van der Waals surface area contributed by atoms with Gasteiger partial charge in [-0.05, 0) is 19.8 Å². The highest BCUT2D eigenvalue weighted by molar-refractivity contribution is 8.00. The highest BCUT2D eigenvalue weighted by Gasteiger charge is 2.28. The van der Waals surface area contributed by atoms with E-state index in [2.05, 4.69) is 24.0 Å². The Bertz CT molecular complexity index is 388. The van der Waals surface area contributed by atoms with Crippen LogP contribution in [0.5, 0.6) is 0 Å². The van der Waals surface area contributed by atoms with Crippen LogP contribution in [0.4, 0.5) is 0 Å². The summed E-state index contributed by atoms with van der Waals surface area (Å²) in [7, 11) is 0. The number of nitrogens with zero attached hydrogens (tertiary/aromatic N) is 2. The van der Waals surface area contributed by atoms with Crippen LogP contribution in [0, 0.1) is 5.92 Å². The Kier molecular flexibility index (Phi) is 4.56. The maximum absolute atomic E-state index is 10.9. The number of aliphatic carboxylic acids is 1. The number of carboxylic acids is 1. The average molecular weight is 258 g/mol. The zero-order chi connectivity index (χ0) is 13.1. The second-order valence-corrected chi connectivity index (χ2v) is 6.40. The standard InChI is InChI=1S/C11H18N2O3S/c1-7(2)5-9-12-8(13-16-9)6-17-11(3,4)10(14)15/h7H,5-6H2,1-4H3,(H,14,15). The van der Waals surface area contributed by atoms with E-state index >= 15 is 0 Å². The smallest absolute Gasteiger partial charge is 0.319 e. The minimum atomic E-state index is -0.839. The number of thioether (sulfide) groups is 1. The van der Waals surface area contributed by atoms with Crippen LogP contribution in [-0.2, 0) is 17.0 Å². The summed E-state index contributed by atoms with van der Waals surface area (Å²) in [5, 5.41) is 12.8. The van der Waals surface area contributed by atoms with E-state index in [0.717, 1.165) is 6.42 Å². The molecule has 1 N–H and O–H groups in total. The summed E-state index contributed by atoms with van der Waals surface area (Å²) in [6, 6.07) is 0. The van der Waals surface area contributed by atoms with Crippen LogP contribution in [0.2, 0.25) is 0 Å². The highest BCUT2D eigenvalue weighted by atomic mass is 32.2. The van der Waals surface area contributed by atoms with Crippen molar-refractivity contribution in [1.29, 1.82) is 0 Å². The van der Waals surface area contributed by atoms with E-state index in [1.54, 1.807) is 13.8 Å². The van der Waals surface area contributed by atoms with Crippen molar-refractivity contribution in [2.24, 2.45) is 5.92 Å². The second kappa shape index (κ2) is 5.53. The maximum atomic E-state index is 10.9. The van der Waals surface area contributed by atoms with Crippen molar-refractivity contribution in [2.75, 3.05) is 0 Å². The third kappa shape index (κ3) is 4.38. The van der Waals surface area contributed by atoms with Gasteiger partial charge in [0, 0.05) is 6.42 Å². The van der Waals surface area contributed by atoms with E-state index in [1.165, 1.54) is 11.8 Å². The summed E-state index contributed by atoms with van der Waals surface area (Å²) >= 11 is 1.29. The predicted molar refractivity (Wildman–Crippen MR) is 65.8 cm³/mol. The number of hydrogen-bond acceptors (Lipinski definition) is 5. The van der Waals surface area contributed by atoms with Gasteiger partial charge in [-0.2, -0.15) is 4.98 Å². The molecule has 0 aliphatic heterocycles. The first kappa shape index (κ1) is 14.0. The number of hydrogen-bond donors (Lipinski definition) is 1. The van der Waals surface area contributed by atoms with Crippen LogP contribution in [0.25, 0.3) is 0 Å². The first-order valence-corrected chi connectivity index (χ1v) is 6.48. The molecule has 1 rings (SSSR count). The normalized spacial score (nSPS) is 12.1. The first-order valence-electron chi connectivity index (χ1n) is 5.50. The molecular weight excluding hydrogens is 240 g/mol. The third-order valence-corrected chi connectivity index (χ3v) is 3.47. The van der Waals surface area contributed by atoms with Gasteiger partial charge in [-0.15, -0.1) is 11.8 Å². The molecule has 0 aliphatic carbocycles. The Hall–Kier alpha value is -1.04. The van der Waals surface area contributed by atoms with Gasteiger partial charge >= 0.3 is 5.97 Å². The predicted octanol–water partition coefficient (Wildman–Crippen LogP) is 2.36. The third-order valence-electron chi connectivity index (χ3n) is 2.17. The molecule has 0 saturated carbocycles. The fourth-order valence-electron chi connectivity index (χ4n) is 1.09. The number of aromatic nitrogens is 2. The van der Waals surface area contributed by atoms with E-state index in [0.29, 0.717) is 23.4 Å². The van der Waals surface area contributed by atoms with Gasteiger partial charge in [-0.3, -0.25) is 4.79 Å². The molecule has 0 aromatic carbocycles. The molecule has 0 unspecified atom stereocenters. The molecule has 17 heavy (non-hydrogen) atoms. The van der Waals surface area contributed by atoms with Crippen LogP contribution < -0.4 is 0 Å². The topological polar surface area (TPSA) is 76.2 Å².